The third-order valence-corrected chi connectivity index (χ3v) is 1.88. The van der Waals surface area contributed by atoms with Gasteiger partial charge >= 0.3 is 0 Å². The van der Waals surface area contributed by atoms with E-state index in [1.165, 1.54) is 32.1 Å². The van der Waals surface area contributed by atoms with Gasteiger partial charge in [0.2, 0.25) is 0 Å². The molecule has 0 unspecified atom stereocenters. The number of carboxylic acid groups (broad SMARTS) is 1. The standard InChI is InChI=1S/C8H16O.C2H4O2.ClH/c1-2-5-8-6-3-4-7-9-8;1-2(3)4;/h8H,2-7H2,1H3;1H3,(H,3,4);1H/t8-;;/m0../s1. The molecule has 0 saturated carbocycles. The molecule has 1 aliphatic heterocycles. The van der Waals surface area contributed by atoms with Crippen molar-refractivity contribution >= 4 is 18.4 Å². The minimum Gasteiger partial charge on any atom is -0.481 e. The Labute approximate surface area is 92.2 Å². The topological polar surface area (TPSA) is 46.5 Å². The van der Waals surface area contributed by atoms with Gasteiger partial charge in [0.1, 0.15) is 0 Å². The van der Waals surface area contributed by atoms with Crippen LogP contribution >= 0.6 is 12.4 Å². The van der Waals surface area contributed by atoms with E-state index in [9.17, 15) is 0 Å². The smallest absolute Gasteiger partial charge is 0.300 e. The van der Waals surface area contributed by atoms with Gasteiger partial charge in [-0.1, -0.05) is 13.3 Å². The molecule has 0 bridgehead atoms. The maximum atomic E-state index is 9.00. The maximum absolute atomic E-state index is 9.00. The van der Waals surface area contributed by atoms with Gasteiger partial charge in [-0.15, -0.1) is 12.4 Å². The van der Waals surface area contributed by atoms with Crippen molar-refractivity contribution in [3.63, 3.8) is 0 Å². The molecule has 14 heavy (non-hydrogen) atoms. The van der Waals surface area contributed by atoms with E-state index >= 15 is 0 Å². The molecule has 1 aliphatic rings. The van der Waals surface area contributed by atoms with E-state index < -0.39 is 5.97 Å². The average Bonchev–Trinajstić information content (AvgIpc) is 2.06. The van der Waals surface area contributed by atoms with E-state index in [-0.39, 0.29) is 12.4 Å². The number of carbonyl (C=O) groups is 1. The Morgan fingerprint density at radius 3 is 2.43 bits per heavy atom. The highest BCUT2D eigenvalue weighted by atomic mass is 35.5. The number of hydrogen-bond acceptors (Lipinski definition) is 2. The molecule has 1 rings (SSSR count). The Morgan fingerprint density at radius 1 is 1.50 bits per heavy atom. The molecule has 1 fully saturated rings. The molecule has 4 heteroatoms. The van der Waals surface area contributed by atoms with E-state index in [2.05, 4.69) is 6.92 Å². The number of halogens is 1. The van der Waals surface area contributed by atoms with E-state index in [0.29, 0.717) is 6.10 Å². The zero-order chi connectivity index (χ0) is 10.1. The molecule has 3 nitrogen and oxygen atoms in total. The highest BCUT2D eigenvalue weighted by Gasteiger charge is 2.11. The first-order valence-corrected chi connectivity index (χ1v) is 4.98. The van der Waals surface area contributed by atoms with Gasteiger partial charge < -0.3 is 9.84 Å². The van der Waals surface area contributed by atoms with Crippen molar-refractivity contribution in [1.82, 2.24) is 0 Å². The Hall–Kier alpha value is -0.280. The lowest BCUT2D eigenvalue weighted by Gasteiger charge is -2.21. The van der Waals surface area contributed by atoms with Crippen LogP contribution in [0.4, 0.5) is 0 Å². The fourth-order valence-corrected chi connectivity index (χ4v) is 1.36. The van der Waals surface area contributed by atoms with Gasteiger partial charge in [0.05, 0.1) is 6.10 Å². The monoisotopic (exact) mass is 224 g/mol. The molecule has 0 amide bonds. The van der Waals surface area contributed by atoms with Gasteiger partial charge in [0, 0.05) is 13.5 Å². The molecular formula is C10H21ClO3. The van der Waals surface area contributed by atoms with Crippen molar-refractivity contribution in [3.8, 4) is 0 Å². The zero-order valence-electron chi connectivity index (χ0n) is 8.99. The molecule has 0 aromatic rings. The maximum Gasteiger partial charge on any atom is 0.300 e. The fraction of sp³-hybridized carbons (Fsp3) is 0.900. The van der Waals surface area contributed by atoms with Crippen LogP contribution in [-0.2, 0) is 9.53 Å². The summed E-state index contributed by atoms with van der Waals surface area (Å²) >= 11 is 0. The van der Waals surface area contributed by atoms with Gasteiger partial charge in [-0.3, -0.25) is 4.79 Å². The van der Waals surface area contributed by atoms with Crippen molar-refractivity contribution in [2.24, 2.45) is 0 Å². The van der Waals surface area contributed by atoms with Crippen LogP contribution in [0.2, 0.25) is 0 Å². The molecule has 0 radical (unpaired) electrons. The van der Waals surface area contributed by atoms with Gasteiger partial charge in [0.15, 0.2) is 0 Å². The highest BCUT2D eigenvalue weighted by Crippen LogP contribution is 2.16. The predicted octanol–water partition coefficient (Wildman–Crippen LogP) is 2.87. The zero-order valence-corrected chi connectivity index (χ0v) is 9.81. The largest absolute Gasteiger partial charge is 0.481 e. The van der Waals surface area contributed by atoms with Crippen molar-refractivity contribution < 1.29 is 14.6 Å². The van der Waals surface area contributed by atoms with Gasteiger partial charge in [-0.25, -0.2) is 0 Å². The molecule has 0 aromatic carbocycles. The molecule has 0 aliphatic carbocycles. The number of hydrogen-bond donors (Lipinski definition) is 1. The summed E-state index contributed by atoms with van der Waals surface area (Å²) in [4.78, 5) is 9.00. The van der Waals surface area contributed by atoms with Gasteiger partial charge in [-0.2, -0.15) is 0 Å². The number of rotatable bonds is 2. The summed E-state index contributed by atoms with van der Waals surface area (Å²) in [7, 11) is 0. The van der Waals surface area contributed by atoms with Crippen LogP contribution < -0.4 is 0 Å². The quantitative estimate of drug-likeness (QED) is 0.785. The van der Waals surface area contributed by atoms with Crippen molar-refractivity contribution in [2.45, 2.75) is 52.1 Å². The first-order valence-electron chi connectivity index (χ1n) is 4.98. The van der Waals surface area contributed by atoms with Crippen molar-refractivity contribution in [3.05, 3.63) is 0 Å². The Morgan fingerprint density at radius 2 is 2.07 bits per heavy atom. The molecular weight excluding hydrogens is 204 g/mol. The Bertz CT molecular complexity index is 127. The third-order valence-electron chi connectivity index (χ3n) is 1.88. The van der Waals surface area contributed by atoms with Gasteiger partial charge in [-0.05, 0) is 25.7 Å². The SMILES string of the molecule is CC(=O)O.CCC[C@H]1CCCCO1.Cl. The van der Waals surface area contributed by atoms with Crippen LogP contribution in [0.5, 0.6) is 0 Å². The first-order chi connectivity index (χ1) is 6.16. The molecule has 1 saturated heterocycles. The lowest BCUT2D eigenvalue weighted by atomic mass is 10.1. The molecule has 86 valence electrons. The van der Waals surface area contributed by atoms with E-state index in [1.54, 1.807) is 0 Å². The molecule has 1 N–H and O–H groups in total. The first kappa shape index (κ1) is 16.2. The fourth-order valence-electron chi connectivity index (χ4n) is 1.36. The van der Waals surface area contributed by atoms with Gasteiger partial charge in [0.25, 0.3) is 5.97 Å². The minimum absolute atomic E-state index is 0. The summed E-state index contributed by atoms with van der Waals surface area (Å²) in [5, 5.41) is 7.42. The third kappa shape index (κ3) is 11.7. The normalized spacial score (nSPS) is 20.0. The van der Waals surface area contributed by atoms with Crippen LogP contribution in [0.15, 0.2) is 0 Å². The lowest BCUT2D eigenvalue weighted by molar-refractivity contribution is -0.134. The number of ether oxygens (including phenoxy) is 1. The van der Waals surface area contributed by atoms with Crippen LogP contribution in [-0.4, -0.2) is 23.8 Å². The summed E-state index contributed by atoms with van der Waals surface area (Å²) in [5.74, 6) is -0.833. The summed E-state index contributed by atoms with van der Waals surface area (Å²) in [6, 6.07) is 0. The molecule has 0 spiro atoms. The lowest BCUT2D eigenvalue weighted by Crippen LogP contribution is -2.18. The second kappa shape index (κ2) is 10.8. The van der Waals surface area contributed by atoms with Crippen LogP contribution in [0, 0.1) is 0 Å². The highest BCUT2D eigenvalue weighted by molar-refractivity contribution is 5.85. The van der Waals surface area contributed by atoms with Crippen LogP contribution in [0.25, 0.3) is 0 Å². The van der Waals surface area contributed by atoms with Crippen LogP contribution in [0.3, 0.4) is 0 Å². The Balaban J connectivity index is 0. The van der Waals surface area contributed by atoms with E-state index in [4.69, 9.17) is 14.6 Å². The summed E-state index contributed by atoms with van der Waals surface area (Å²) in [6.07, 6.45) is 7.09. The number of aliphatic carboxylic acids is 1. The number of carboxylic acids is 1. The molecule has 1 atom stereocenters. The Kier molecular flexibility index (Phi) is 12.5. The summed E-state index contributed by atoms with van der Waals surface area (Å²) < 4.78 is 5.52. The second-order valence-electron chi connectivity index (χ2n) is 3.30. The van der Waals surface area contributed by atoms with Crippen molar-refractivity contribution in [2.75, 3.05) is 6.61 Å². The van der Waals surface area contributed by atoms with E-state index in [1.807, 2.05) is 0 Å². The van der Waals surface area contributed by atoms with Crippen LogP contribution in [0.1, 0.15) is 46.0 Å². The molecule has 1 heterocycles. The summed E-state index contributed by atoms with van der Waals surface area (Å²) in [5.41, 5.74) is 0. The minimum atomic E-state index is -0.833. The van der Waals surface area contributed by atoms with Crippen molar-refractivity contribution in [1.29, 1.82) is 0 Å². The van der Waals surface area contributed by atoms with E-state index in [0.717, 1.165) is 13.5 Å². The second-order valence-corrected chi connectivity index (χ2v) is 3.30. The average molecular weight is 225 g/mol. The summed E-state index contributed by atoms with van der Waals surface area (Å²) in [6.45, 7) is 4.31. The molecule has 0 aromatic heterocycles. The predicted molar refractivity (Wildman–Crippen MR) is 59.1 cm³/mol.